The molecule has 0 aromatic heterocycles. The van der Waals surface area contributed by atoms with E-state index in [1.165, 1.54) is 12.1 Å². The predicted octanol–water partition coefficient (Wildman–Crippen LogP) is 1.47. The first-order chi connectivity index (χ1) is 11.8. The van der Waals surface area contributed by atoms with Crippen LogP contribution >= 0.6 is 0 Å². The molecule has 1 aromatic carbocycles. The summed E-state index contributed by atoms with van der Waals surface area (Å²) < 4.78 is 5.45. The molecule has 128 valence electrons. The van der Waals surface area contributed by atoms with E-state index in [0.29, 0.717) is 24.0 Å². The number of carbonyl (C=O) groups is 4. The van der Waals surface area contributed by atoms with Crippen LogP contribution in [-0.4, -0.2) is 39.4 Å². The number of aliphatic imine (C=N–C) groups is 1. The van der Waals surface area contributed by atoms with Gasteiger partial charge in [-0.15, -0.1) is 0 Å². The Morgan fingerprint density at radius 3 is 2.52 bits per heavy atom. The van der Waals surface area contributed by atoms with Gasteiger partial charge < -0.3 is 14.9 Å². The van der Waals surface area contributed by atoms with E-state index in [1.54, 1.807) is 0 Å². The van der Waals surface area contributed by atoms with Crippen molar-refractivity contribution in [3.63, 3.8) is 0 Å². The van der Waals surface area contributed by atoms with Crippen molar-refractivity contribution in [2.75, 3.05) is 0 Å². The number of ether oxygens (including phenoxy) is 1. The zero-order valence-electron chi connectivity index (χ0n) is 13.2. The second-order valence-electron chi connectivity index (χ2n) is 5.59. The molecule has 0 saturated carbocycles. The number of carboxylic acid groups (broad SMARTS) is 2. The second kappa shape index (κ2) is 5.97. The number of carboxylic acids is 2. The Morgan fingerprint density at radius 2 is 1.92 bits per heavy atom. The SMILES string of the molecule is CCCc1c2c(cc3c1OC(C(=O)O)=CC3)C(=O)C(=O)C(C(=O)O)=N2. The Hall–Kier alpha value is -3.29. The van der Waals surface area contributed by atoms with Gasteiger partial charge in [0.2, 0.25) is 17.3 Å². The zero-order chi connectivity index (χ0) is 18.3. The topological polar surface area (TPSA) is 130 Å². The molecule has 8 nitrogen and oxygen atoms in total. The summed E-state index contributed by atoms with van der Waals surface area (Å²) in [4.78, 5) is 50.5. The molecule has 0 amide bonds. The summed E-state index contributed by atoms with van der Waals surface area (Å²) in [5.41, 5.74) is 0.227. The average molecular weight is 343 g/mol. The molecule has 8 heteroatoms. The Bertz CT molecular complexity index is 908. The van der Waals surface area contributed by atoms with E-state index in [4.69, 9.17) is 14.9 Å². The smallest absolute Gasteiger partial charge is 0.371 e. The number of hydrogen-bond acceptors (Lipinski definition) is 6. The third kappa shape index (κ3) is 2.61. The van der Waals surface area contributed by atoms with Crippen LogP contribution in [0.2, 0.25) is 0 Å². The molecule has 0 spiro atoms. The van der Waals surface area contributed by atoms with Crippen LogP contribution in [0.3, 0.4) is 0 Å². The van der Waals surface area contributed by atoms with Crippen molar-refractivity contribution in [3.8, 4) is 5.75 Å². The molecular weight excluding hydrogens is 330 g/mol. The number of benzene rings is 1. The number of hydrogen-bond donors (Lipinski definition) is 2. The third-order valence-corrected chi connectivity index (χ3v) is 3.95. The monoisotopic (exact) mass is 343 g/mol. The van der Waals surface area contributed by atoms with Crippen LogP contribution in [0.4, 0.5) is 5.69 Å². The molecule has 3 rings (SSSR count). The Labute approximate surface area is 141 Å². The lowest BCUT2D eigenvalue weighted by Crippen LogP contribution is -2.33. The quantitative estimate of drug-likeness (QED) is 0.791. The van der Waals surface area contributed by atoms with Crippen molar-refractivity contribution in [2.24, 2.45) is 4.99 Å². The molecule has 1 aromatic rings. The highest BCUT2D eigenvalue weighted by Crippen LogP contribution is 2.41. The fourth-order valence-electron chi connectivity index (χ4n) is 2.86. The highest BCUT2D eigenvalue weighted by Gasteiger charge is 2.37. The molecule has 0 radical (unpaired) electrons. The molecule has 0 unspecified atom stereocenters. The molecule has 0 saturated heterocycles. The summed E-state index contributed by atoms with van der Waals surface area (Å²) in [6, 6.07) is 1.42. The molecule has 25 heavy (non-hydrogen) atoms. The second-order valence-corrected chi connectivity index (χ2v) is 5.59. The van der Waals surface area contributed by atoms with Gasteiger partial charge in [-0.2, -0.15) is 0 Å². The first-order valence-electron chi connectivity index (χ1n) is 7.56. The van der Waals surface area contributed by atoms with Gasteiger partial charge in [0, 0.05) is 5.56 Å². The van der Waals surface area contributed by atoms with Crippen LogP contribution < -0.4 is 4.74 Å². The minimum atomic E-state index is -1.59. The molecule has 0 aliphatic carbocycles. The molecule has 0 atom stereocenters. The summed E-state index contributed by atoms with van der Waals surface area (Å²) in [6.07, 6.45) is 2.60. The summed E-state index contributed by atoms with van der Waals surface area (Å²) >= 11 is 0. The van der Waals surface area contributed by atoms with Crippen molar-refractivity contribution in [2.45, 2.75) is 26.2 Å². The number of Topliss-reactive ketones (excluding diaryl/α,β-unsaturated/α-hetero) is 2. The van der Waals surface area contributed by atoms with E-state index in [1.807, 2.05) is 6.92 Å². The highest BCUT2D eigenvalue weighted by atomic mass is 16.5. The minimum absolute atomic E-state index is 0.0213. The zero-order valence-corrected chi connectivity index (χ0v) is 13.2. The van der Waals surface area contributed by atoms with Gasteiger partial charge >= 0.3 is 11.9 Å². The van der Waals surface area contributed by atoms with Crippen molar-refractivity contribution >= 4 is 34.9 Å². The van der Waals surface area contributed by atoms with E-state index in [-0.39, 0.29) is 29.2 Å². The minimum Gasteiger partial charge on any atom is -0.476 e. The molecule has 2 aliphatic heterocycles. The lowest BCUT2D eigenvalue weighted by atomic mass is 9.89. The fraction of sp³-hybridized carbons (Fsp3) is 0.235. The van der Waals surface area contributed by atoms with Gasteiger partial charge in [-0.3, -0.25) is 9.59 Å². The first kappa shape index (κ1) is 16.6. The number of nitrogens with zero attached hydrogens (tertiary/aromatic N) is 1. The van der Waals surface area contributed by atoms with Crippen LogP contribution in [0, 0.1) is 0 Å². The van der Waals surface area contributed by atoms with Crippen LogP contribution in [0.1, 0.15) is 34.8 Å². The maximum Gasteiger partial charge on any atom is 0.371 e. The number of ketones is 2. The number of aliphatic carboxylic acids is 2. The van der Waals surface area contributed by atoms with E-state index in [2.05, 4.69) is 4.99 Å². The summed E-state index contributed by atoms with van der Waals surface area (Å²) in [6.45, 7) is 1.86. The first-order valence-corrected chi connectivity index (χ1v) is 7.56. The van der Waals surface area contributed by atoms with Crippen molar-refractivity contribution in [1.29, 1.82) is 0 Å². The molecule has 0 bridgehead atoms. The predicted molar refractivity (Wildman–Crippen MR) is 84.6 cm³/mol. The Morgan fingerprint density at radius 1 is 1.20 bits per heavy atom. The molecule has 2 heterocycles. The number of carbonyl (C=O) groups excluding carboxylic acids is 2. The average Bonchev–Trinajstić information content (AvgIpc) is 2.57. The van der Waals surface area contributed by atoms with Crippen LogP contribution in [-0.2, 0) is 27.2 Å². The van der Waals surface area contributed by atoms with Crippen LogP contribution in [0.5, 0.6) is 5.75 Å². The van der Waals surface area contributed by atoms with Gasteiger partial charge in [-0.05, 0) is 30.5 Å². The number of fused-ring (bicyclic) bond motifs is 2. The number of rotatable bonds is 4. The van der Waals surface area contributed by atoms with Gasteiger partial charge in [-0.1, -0.05) is 13.3 Å². The van der Waals surface area contributed by atoms with E-state index < -0.39 is 29.2 Å². The summed E-state index contributed by atoms with van der Waals surface area (Å²) in [7, 11) is 0. The largest absolute Gasteiger partial charge is 0.476 e. The van der Waals surface area contributed by atoms with Gasteiger partial charge in [0.1, 0.15) is 5.75 Å². The van der Waals surface area contributed by atoms with Crippen molar-refractivity contribution in [1.82, 2.24) is 0 Å². The van der Waals surface area contributed by atoms with Gasteiger partial charge in [0.15, 0.2) is 0 Å². The van der Waals surface area contributed by atoms with Gasteiger partial charge in [-0.25, -0.2) is 14.6 Å². The maximum absolute atomic E-state index is 12.3. The lowest BCUT2D eigenvalue weighted by Gasteiger charge is -2.23. The normalized spacial score (nSPS) is 15.6. The van der Waals surface area contributed by atoms with E-state index in [0.717, 1.165) is 0 Å². The van der Waals surface area contributed by atoms with Crippen molar-refractivity contribution in [3.05, 3.63) is 34.6 Å². The lowest BCUT2D eigenvalue weighted by molar-refractivity contribution is -0.135. The molecule has 0 fully saturated rings. The van der Waals surface area contributed by atoms with Crippen LogP contribution in [0.15, 0.2) is 22.9 Å². The van der Waals surface area contributed by atoms with Crippen molar-refractivity contribution < 1.29 is 34.1 Å². The van der Waals surface area contributed by atoms with E-state index in [9.17, 15) is 19.2 Å². The molecular formula is C17H13NO7. The van der Waals surface area contributed by atoms with Gasteiger partial charge in [0.25, 0.3) is 5.78 Å². The molecule has 2 N–H and O–H groups in total. The summed E-state index contributed by atoms with van der Waals surface area (Å²) in [5.74, 6) is -4.90. The van der Waals surface area contributed by atoms with Crippen LogP contribution in [0.25, 0.3) is 0 Å². The van der Waals surface area contributed by atoms with E-state index >= 15 is 0 Å². The standard InChI is InChI=1S/C17H13NO7/c1-2-3-8-11-9(13(19)14(20)12(18-11)17(23)24)6-7-4-5-10(16(21)22)25-15(7)8/h5-6H,2-4H2,1H3,(H,21,22)(H,23,24). The fourth-order valence-corrected chi connectivity index (χ4v) is 2.86. The van der Waals surface area contributed by atoms with Gasteiger partial charge in [0.05, 0.1) is 11.3 Å². The Kier molecular flexibility index (Phi) is 3.96. The number of allylic oxidation sites excluding steroid dienone is 1. The maximum atomic E-state index is 12.3. The molecule has 2 aliphatic rings. The Balaban J connectivity index is 2.26. The highest BCUT2D eigenvalue weighted by molar-refractivity contribution is 6.81. The third-order valence-electron chi connectivity index (χ3n) is 3.95. The summed E-state index contributed by atoms with van der Waals surface area (Å²) in [5, 5.41) is 18.2.